The standard InChI is InChI=1S/C20H20N6O2/c1-3-9-25-10-8-14-11-15(4-5-17(14)25)22-20(28)16-12-21-26(13(16)2)18-6-7-19(27)24-23-18/h4-8,10-12H,3,9H2,1-2H3,(H,22,28)(H,24,27). The highest BCUT2D eigenvalue weighted by molar-refractivity contribution is 6.05. The van der Waals surface area contributed by atoms with Gasteiger partial charge in [-0.25, -0.2) is 9.78 Å². The molecule has 28 heavy (non-hydrogen) atoms. The van der Waals surface area contributed by atoms with Crippen LogP contribution in [0.25, 0.3) is 16.7 Å². The van der Waals surface area contributed by atoms with Crippen LogP contribution >= 0.6 is 0 Å². The molecule has 0 bridgehead atoms. The molecule has 0 aliphatic rings. The zero-order chi connectivity index (χ0) is 19.7. The predicted molar refractivity (Wildman–Crippen MR) is 107 cm³/mol. The monoisotopic (exact) mass is 376 g/mol. The van der Waals surface area contributed by atoms with Crippen molar-refractivity contribution in [1.29, 1.82) is 0 Å². The van der Waals surface area contributed by atoms with Crippen molar-refractivity contribution in [3.8, 4) is 5.82 Å². The van der Waals surface area contributed by atoms with Gasteiger partial charge in [0.15, 0.2) is 5.82 Å². The predicted octanol–water partition coefficient (Wildman–Crippen LogP) is 2.88. The highest BCUT2D eigenvalue weighted by Gasteiger charge is 2.16. The largest absolute Gasteiger partial charge is 0.347 e. The zero-order valence-electron chi connectivity index (χ0n) is 15.6. The molecule has 0 saturated heterocycles. The Morgan fingerprint density at radius 1 is 1.21 bits per heavy atom. The fourth-order valence-electron chi connectivity index (χ4n) is 3.23. The number of benzene rings is 1. The molecule has 3 aromatic heterocycles. The van der Waals surface area contributed by atoms with Gasteiger partial charge in [0.1, 0.15) is 0 Å². The fourth-order valence-corrected chi connectivity index (χ4v) is 3.23. The van der Waals surface area contributed by atoms with E-state index in [0.717, 1.165) is 29.6 Å². The summed E-state index contributed by atoms with van der Waals surface area (Å²) in [7, 11) is 0. The molecule has 1 aromatic carbocycles. The van der Waals surface area contributed by atoms with E-state index in [1.165, 1.54) is 16.9 Å². The summed E-state index contributed by atoms with van der Waals surface area (Å²) >= 11 is 0. The zero-order valence-corrected chi connectivity index (χ0v) is 15.6. The highest BCUT2D eigenvalue weighted by atomic mass is 16.1. The van der Waals surface area contributed by atoms with Crippen LogP contribution in [0, 0.1) is 6.92 Å². The van der Waals surface area contributed by atoms with E-state index < -0.39 is 0 Å². The SMILES string of the molecule is CCCn1ccc2cc(NC(=O)c3cnn(-c4ccc(=O)[nH]n4)c3C)ccc21. The molecule has 142 valence electrons. The second-order valence-corrected chi connectivity index (χ2v) is 6.57. The number of aromatic amines is 1. The lowest BCUT2D eigenvalue weighted by Gasteiger charge is -2.07. The summed E-state index contributed by atoms with van der Waals surface area (Å²) in [6.07, 6.45) is 4.62. The molecule has 0 radical (unpaired) electrons. The number of anilines is 1. The van der Waals surface area contributed by atoms with Crippen molar-refractivity contribution in [2.24, 2.45) is 0 Å². The van der Waals surface area contributed by atoms with E-state index in [9.17, 15) is 9.59 Å². The molecule has 3 heterocycles. The van der Waals surface area contributed by atoms with Gasteiger partial charge >= 0.3 is 0 Å². The third-order valence-corrected chi connectivity index (χ3v) is 4.63. The Bertz CT molecular complexity index is 1200. The Kier molecular flexibility index (Phi) is 4.52. The topological polar surface area (TPSA) is 97.6 Å². The van der Waals surface area contributed by atoms with Crippen molar-refractivity contribution >= 4 is 22.5 Å². The number of fused-ring (bicyclic) bond motifs is 1. The normalized spacial score (nSPS) is 11.1. The summed E-state index contributed by atoms with van der Waals surface area (Å²) in [5, 5.41) is 14.5. The molecule has 8 nitrogen and oxygen atoms in total. The van der Waals surface area contributed by atoms with Crippen LogP contribution < -0.4 is 10.9 Å². The lowest BCUT2D eigenvalue weighted by atomic mass is 10.2. The minimum Gasteiger partial charge on any atom is -0.347 e. The maximum atomic E-state index is 12.7. The Morgan fingerprint density at radius 2 is 2.07 bits per heavy atom. The van der Waals surface area contributed by atoms with Gasteiger partial charge in [0, 0.05) is 35.4 Å². The molecular formula is C20H20N6O2. The number of H-pyrrole nitrogens is 1. The van der Waals surface area contributed by atoms with Gasteiger partial charge < -0.3 is 9.88 Å². The number of aromatic nitrogens is 5. The van der Waals surface area contributed by atoms with Crippen molar-refractivity contribution < 1.29 is 4.79 Å². The van der Waals surface area contributed by atoms with Crippen LogP contribution in [0.1, 0.15) is 29.4 Å². The molecule has 4 rings (SSSR count). The number of rotatable bonds is 5. The molecular weight excluding hydrogens is 356 g/mol. The molecule has 0 unspecified atom stereocenters. The van der Waals surface area contributed by atoms with E-state index >= 15 is 0 Å². The van der Waals surface area contributed by atoms with Gasteiger partial charge in [-0.3, -0.25) is 9.59 Å². The number of nitrogens with one attached hydrogen (secondary N) is 2. The first-order valence-electron chi connectivity index (χ1n) is 9.08. The summed E-state index contributed by atoms with van der Waals surface area (Å²) in [4.78, 5) is 23.9. The fraction of sp³-hybridized carbons (Fsp3) is 0.200. The van der Waals surface area contributed by atoms with Gasteiger partial charge in [-0.2, -0.15) is 10.2 Å². The van der Waals surface area contributed by atoms with Crippen molar-refractivity contribution in [1.82, 2.24) is 24.5 Å². The summed E-state index contributed by atoms with van der Waals surface area (Å²) in [5.74, 6) is 0.190. The van der Waals surface area contributed by atoms with E-state index in [4.69, 9.17) is 0 Å². The van der Waals surface area contributed by atoms with Crippen LogP contribution in [0.15, 0.2) is 53.6 Å². The van der Waals surface area contributed by atoms with Crippen LogP contribution in [0.4, 0.5) is 5.69 Å². The van der Waals surface area contributed by atoms with Crippen molar-refractivity contribution in [2.75, 3.05) is 5.32 Å². The minimum atomic E-state index is -0.297. The third kappa shape index (κ3) is 3.20. The number of aryl methyl sites for hydroxylation is 1. The minimum absolute atomic E-state index is 0.250. The van der Waals surface area contributed by atoms with Crippen LogP contribution in [0.2, 0.25) is 0 Å². The Morgan fingerprint density at radius 3 is 2.82 bits per heavy atom. The average Bonchev–Trinajstić information content (AvgIpc) is 3.26. The molecule has 0 atom stereocenters. The number of carbonyl (C=O) groups excluding carboxylic acids is 1. The molecule has 4 aromatic rings. The summed E-state index contributed by atoms with van der Waals surface area (Å²) in [6, 6.07) is 10.8. The molecule has 8 heteroatoms. The molecule has 0 spiro atoms. The van der Waals surface area contributed by atoms with Gasteiger partial charge in [0.05, 0.1) is 17.5 Å². The van der Waals surface area contributed by atoms with E-state index in [0.29, 0.717) is 17.1 Å². The molecule has 0 aliphatic heterocycles. The molecule has 0 saturated carbocycles. The first-order chi connectivity index (χ1) is 13.6. The van der Waals surface area contributed by atoms with Gasteiger partial charge in [-0.15, -0.1) is 0 Å². The number of amides is 1. The molecule has 0 fully saturated rings. The number of nitrogens with zero attached hydrogens (tertiary/aromatic N) is 4. The Labute approximate surface area is 160 Å². The Hall–Kier alpha value is -3.68. The second-order valence-electron chi connectivity index (χ2n) is 6.57. The highest BCUT2D eigenvalue weighted by Crippen LogP contribution is 2.22. The van der Waals surface area contributed by atoms with Crippen molar-refractivity contribution in [2.45, 2.75) is 26.8 Å². The smallest absolute Gasteiger partial charge is 0.264 e. The molecule has 2 N–H and O–H groups in total. The third-order valence-electron chi connectivity index (χ3n) is 4.63. The van der Waals surface area contributed by atoms with Gasteiger partial charge in [0.25, 0.3) is 11.5 Å². The van der Waals surface area contributed by atoms with Crippen LogP contribution in [0.3, 0.4) is 0 Å². The maximum Gasteiger partial charge on any atom is 0.264 e. The maximum absolute atomic E-state index is 12.7. The van der Waals surface area contributed by atoms with Crippen LogP contribution in [-0.4, -0.2) is 30.5 Å². The summed E-state index contributed by atoms with van der Waals surface area (Å²) in [5.41, 5.74) is 2.65. The molecule has 0 aliphatic carbocycles. The quantitative estimate of drug-likeness (QED) is 0.560. The number of carbonyl (C=O) groups is 1. The first kappa shape index (κ1) is 17.7. The lowest BCUT2D eigenvalue weighted by Crippen LogP contribution is -2.14. The summed E-state index contributed by atoms with van der Waals surface area (Å²) < 4.78 is 3.71. The van der Waals surface area contributed by atoms with E-state index in [-0.39, 0.29) is 11.5 Å². The van der Waals surface area contributed by atoms with Crippen molar-refractivity contribution in [3.63, 3.8) is 0 Å². The lowest BCUT2D eigenvalue weighted by molar-refractivity contribution is 0.102. The number of hydrogen-bond acceptors (Lipinski definition) is 4. The van der Waals surface area contributed by atoms with E-state index in [1.54, 1.807) is 13.0 Å². The average molecular weight is 376 g/mol. The Balaban J connectivity index is 1.58. The van der Waals surface area contributed by atoms with Gasteiger partial charge in [0.2, 0.25) is 0 Å². The number of hydrogen-bond donors (Lipinski definition) is 2. The van der Waals surface area contributed by atoms with Gasteiger partial charge in [-0.05, 0) is 43.7 Å². The second kappa shape index (κ2) is 7.15. The van der Waals surface area contributed by atoms with Crippen molar-refractivity contribution in [3.05, 3.63) is 70.4 Å². The first-order valence-corrected chi connectivity index (χ1v) is 9.08. The van der Waals surface area contributed by atoms with Gasteiger partial charge in [-0.1, -0.05) is 6.92 Å². The van der Waals surface area contributed by atoms with Crippen LogP contribution in [-0.2, 0) is 6.54 Å². The van der Waals surface area contributed by atoms with Crippen LogP contribution in [0.5, 0.6) is 0 Å². The van der Waals surface area contributed by atoms with E-state index in [1.807, 2.05) is 24.3 Å². The molecule has 1 amide bonds. The summed E-state index contributed by atoms with van der Waals surface area (Å²) in [6.45, 7) is 4.89. The van der Waals surface area contributed by atoms with E-state index in [2.05, 4.69) is 38.3 Å².